The van der Waals surface area contributed by atoms with Crippen LogP contribution in [0.25, 0.3) is 72.8 Å². The Balaban J connectivity index is 1.09. The van der Waals surface area contributed by atoms with Gasteiger partial charge in [0, 0.05) is 44.3 Å². The molecule has 2 aromatic heterocycles. The number of fused-ring (bicyclic) bond motifs is 12. The lowest BCUT2D eigenvalue weighted by atomic mass is 9.66. The van der Waals surface area contributed by atoms with Crippen LogP contribution < -0.4 is 4.74 Å². The van der Waals surface area contributed by atoms with Crippen LogP contribution in [0.3, 0.4) is 0 Å². The molecule has 0 N–H and O–H groups in total. The van der Waals surface area contributed by atoms with E-state index >= 15 is 0 Å². The van der Waals surface area contributed by atoms with Crippen molar-refractivity contribution in [1.29, 1.82) is 0 Å². The lowest BCUT2D eigenvalue weighted by molar-refractivity contribution is -0.138. The van der Waals surface area contributed by atoms with Gasteiger partial charge in [0.25, 0.3) is 0 Å². The molecule has 8 aromatic carbocycles. The lowest BCUT2D eigenvalue weighted by Gasteiger charge is -2.39. The van der Waals surface area contributed by atoms with Gasteiger partial charge in [0.2, 0.25) is 0 Å². The van der Waals surface area contributed by atoms with Gasteiger partial charge >= 0.3 is 12.4 Å². The molecule has 5 nitrogen and oxygen atoms in total. The first-order valence-corrected chi connectivity index (χ1v) is 20.7. The van der Waals surface area contributed by atoms with E-state index in [0.29, 0.717) is 5.56 Å². The maximum absolute atomic E-state index is 13.6. The Bertz CT molecular complexity index is 3440. The highest BCUT2D eigenvalue weighted by Gasteiger charge is 2.51. The fourth-order valence-corrected chi connectivity index (χ4v) is 9.84. The minimum absolute atomic E-state index is 0.0554. The lowest BCUT2D eigenvalue weighted by Crippen LogP contribution is -2.32. The van der Waals surface area contributed by atoms with Gasteiger partial charge in [0.15, 0.2) is 17.5 Å². The Morgan fingerprint density at radius 1 is 0.415 bits per heavy atom. The summed E-state index contributed by atoms with van der Waals surface area (Å²) in [6, 6.07) is 54.1. The minimum atomic E-state index is -4.57. The molecule has 3 heterocycles. The second-order valence-electron chi connectivity index (χ2n) is 16.1. The van der Waals surface area contributed by atoms with Gasteiger partial charge < -0.3 is 9.30 Å². The van der Waals surface area contributed by atoms with Crippen molar-refractivity contribution in [1.82, 2.24) is 19.5 Å². The average molecular weight is 865 g/mol. The van der Waals surface area contributed by atoms with E-state index < -0.39 is 28.9 Å². The van der Waals surface area contributed by atoms with Crippen molar-refractivity contribution in [2.45, 2.75) is 17.8 Å². The highest BCUT2D eigenvalue weighted by Crippen LogP contribution is 2.62. The SMILES string of the molecule is FC(F)(F)c1ccc(-c2nc(-c3ccc(C(F)(F)F)cc3)nc(-c3cccc4c3c3ccccc3n4-c3ccc4c(c3)C3(c5ccccc5Oc5ccccc53)c3ccccc3-4)n2)cc1. The molecule has 1 aliphatic heterocycles. The van der Waals surface area contributed by atoms with Crippen LogP contribution in [0, 0.1) is 0 Å². The summed E-state index contributed by atoms with van der Waals surface area (Å²) in [7, 11) is 0. The smallest absolute Gasteiger partial charge is 0.416 e. The average Bonchev–Trinajstić information content (AvgIpc) is 3.81. The van der Waals surface area contributed by atoms with Crippen LogP contribution in [-0.4, -0.2) is 19.5 Å². The van der Waals surface area contributed by atoms with Gasteiger partial charge in [-0.15, -0.1) is 0 Å². The number of ether oxygens (including phenoxy) is 1. The zero-order chi connectivity index (χ0) is 44.2. The second kappa shape index (κ2) is 14.0. The first-order valence-electron chi connectivity index (χ1n) is 20.7. The minimum Gasteiger partial charge on any atom is -0.457 e. The topological polar surface area (TPSA) is 52.8 Å². The highest BCUT2D eigenvalue weighted by atomic mass is 19.4. The molecule has 0 atom stereocenters. The molecule has 2 aliphatic rings. The number of aromatic nitrogens is 4. The molecule has 12 rings (SSSR count). The Kier molecular flexibility index (Phi) is 8.30. The van der Waals surface area contributed by atoms with Crippen LogP contribution in [0.4, 0.5) is 26.3 Å². The largest absolute Gasteiger partial charge is 0.457 e. The summed E-state index contributed by atoms with van der Waals surface area (Å²) in [5.74, 6) is 1.87. The predicted molar refractivity (Wildman–Crippen MR) is 238 cm³/mol. The van der Waals surface area contributed by atoms with E-state index in [1.54, 1.807) is 0 Å². The fourth-order valence-electron chi connectivity index (χ4n) is 9.84. The third-order valence-corrected chi connectivity index (χ3v) is 12.6. The quantitative estimate of drug-likeness (QED) is 0.165. The Morgan fingerprint density at radius 3 is 1.52 bits per heavy atom. The van der Waals surface area contributed by atoms with Crippen LogP contribution in [0.5, 0.6) is 11.5 Å². The molecule has 11 heteroatoms. The molecule has 0 saturated heterocycles. The summed E-state index contributed by atoms with van der Waals surface area (Å²) < 4.78 is 90.5. The summed E-state index contributed by atoms with van der Waals surface area (Å²) >= 11 is 0. The predicted octanol–water partition coefficient (Wildman–Crippen LogP) is 14.5. The molecule has 0 unspecified atom stereocenters. The van der Waals surface area contributed by atoms with Crippen molar-refractivity contribution in [3.05, 3.63) is 215 Å². The van der Waals surface area contributed by atoms with E-state index in [1.165, 1.54) is 24.3 Å². The van der Waals surface area contributed by atoms with E-state index in [2.05, 4.69) is 64.1 Å². The summed E-state index contributed by atoms with van der Waals surface area (Å²) in [6.07, 6.45) is -9.14. The molecule has 0 fully saturated rings. The van der Waals surface area contributed by atoms with Crippen molar-refractivity contribution in [2.24, 2.45) is 0 Å². The van der Waals surface area contributed by atoms with E-state index in [9.17, 15) is 26.3 Å². The van der Waals surface area contributed by atoms with E-state index in [-0.39, 0.29) is 28.6 Å². The molecule has 1 aliphatic carbocycles. The highest BCUT2D eigenvalue weighted by molar-refractivity contribution is 6.15. The van der Waals surface area contributed by atoms with E-state index in [4.69, 9.17) is 14.7 Å². The molecule has 314 valence electrons. The Hall–Kier alpha value is -8.05. The number of halogens is 6. The van der Waals surface area contributed by atoms with Gasteiger partial charge in [-0.05, 0) is 82.9 Å². The number of nitrogens with zero attached hydrogens (tertiary/aromatic N) is 4. The molecular weight excluding hydrogens is 835 g/mol. The molecular formula is C54H30F6N4O. The maximum atomic E-state index is 13.6. The van der Waals surface area contributed by atoms with Gasteiger partial charge in [0.1, 0.15) is 11.5 Å². The second-order valence-corrected chi connectivity index (χ2v) is 16.1. The standard InChI is InChI=1S/C54H30F6N4O/c55-53(56,57)33-24-20-31(21-25-33)49-61-50(32-22-26-34(27-23-32)54(58,59)60)63-51(62-49)39-12-9-17-45-48(39)38-11-2-6-16-44(38)64(45)35-28-29-37-36-10-1-3-13-40(36)52(43(37)30-35)41-14-4-7-18-46(41)65-47-19-8-5-15-42(47)52/h1-30H. The normalized spacial score (nSPS) is 13.6. The molecule has 10 aromatic rings. The van der Waals surface area contributed by atoms with Gasteiger partial charge in [0.05, 0.1) is 27.6 Å². The Labute approximate surface area is 366 Å². The van der Waals surface area contributed by atoms with Gasteiger partial charge in [-0.3, -0.25) is 0 Å². The number of para-hydroxylation sites is 3. The third-order valence-electron chi connectivity index (χ3n) is 12.6. The van der Waals surface area contributed by atoms with Crippen LogP contribution in [0.1, 0.15) is 33.4 Å². The number of alkyl halides is 6. The molecule has 0 saturated carbocycles. The van der Waals surface area contributed by atoms with Crippen molar-refractivity contribution in [2.75, 3.05) is 0 Å². The monoisotopic (exact) mass is 864 g/mol. The molecule has 65 heavy (non-hydrogen) atoms. The van der Waals surface area contributed by atoms with Crippen LogP contribution in [-0.2, 0) is 17.8 Å². The van der Waals surface area contributed by atoms with Gasteiger partial charge in [-0.25, -0.2) is 15.0 Å². The van der Waals surface area contributed by atoms with Gasteiger partial charge in [-0.2, -0.15) is 26.3 Å². The zero-order valence-corrected chi connectivity index (χ0v) is 33.8. The first-order chi connectivity index (χ1) is 31.5. The first kappa shape index (κ1) is 38.6. The Morgan fingerprint density at radius 2 is 0.908 bits per heavy atom. The van der Waals surface area contributed by atoms with Gasteiger partial charge in [-0.1, -0.05) is 121 Å². The van der Waals surface area contributed by atoms with E-state index in [1.807, 2.05) is 78.9 Å². The third kappa shape index (κ3) is 5.84. The van der Waals surface area contributed by atoms with Crippen molar-refractivity contribution >= 4 is 21.8 Å². The molecule has 1 spiro atoms. The molecule has 0 bridgehead atoms. The summed E-state index contributed by atoms with van der Waals surface area (Å²) in [5, 5.41) is 1.68. The summed E-state index contributed by atoms with van der Waals surface area (Å²) in [6.45, 7) is 0. The molecule has 0 amide bonds. The summed E-state index contributed by atoms with van der Waals surface area (Å²) in [4.78, 5) is 14.3. The summed E-state index contributed by atoms with van der Waals surface area (Å²) in [5.41, 5.74) is 7.93. The maximum Gasteiger partial charge on any atom is 0.416 e. The van der Waals surface area contributed by atoms with Crippen LogP contribution in [0.2, 0.25) is 0 Å². The molecule has 0 radical (unpaired) electrons. The fraction of sp³-hybridized carbons (Fsp3) is 0.0556. The number of benzene rings is 8. The zero-order valence-electron chi connectivity index (χ0n) is 33.8. The van der Waals surface area contributed by atoms with Crippen LogP contribution >= 0.6 is 0 Å². The van der Waals surface area contributed by atoms with Crippen molar-refractivity contribution < 1.29 is 31.1 Å². The number of hydrogen-bond acceptors (Lipinski definition) is 4. The number of rotatable bonds is 4. The van der Waals surface area contributed by atoms with Crippen molar-refractivity contribution in [3.63, 3.8) is 0 Å². The van der Waals surface area contributed by atoms with E-state index in [0.717, 1.165) is 96.6 Å². The van der Waals surface area contributed by atoms with Crippen molar-refractivity contribution in [3.8, 4) is 62.5 Å². The van der Waals surface area contributed by atoms with Crippen LogP contribution in [0.15, 0.2) is 182 Å². The number of hydrogen-bond donors (Lipinski definition) is 0.